The summed E-state index contributed by atoms with van der Waals surface area (Å²) in [6.07, 6.45) is 12.1. The lowest BCUT2D eigenvalue weighted by atomic mass is 9.95. The molecule has 0 spiro atoms. The number of fused-ring (bicyclic) bond motifs is 1. The number of piperidine rings is 1. The fourth-order valence-corrected chi connectivity index (χ4v) is 4.93. The van der Waals surface area contributed by atoms with E-state index in [1.165, 1.54) is 38.5 Å². The smallest absolute Gasteiger partial charge is 0.267 e. The summed E-state index contributed by atoms with van der Waals surface area (Å²) >= 11 is 0. The number of carbonyl (C=O) groups excluding carboxylic acids is 1. The Morgan fingerprint density at radius 1 is 1.00 bits per heavy atom. The van der Waals surface area contributed by atoms with Crippen LogP contribution in [-0.4, -0.2) is 33.7 Å². The van der Waals surface area contributed by atoms with Gasteiger partial charge in [0, 0.05) is 32.1 Å². The summed E-state index contributed by atoms with van der Waals surface area (Å²) in [5, 5.41) is 4.65. The van der Waals surface area contributed by atoms with Crippen LogP contribution >= 0.6 is 0 Å². The van der Waals surface area contributed by atoms with Gasteiger partial charge in [-0.05, 0) is 68.8 Å². The Bertz CT molecular complexity index is 698. The van der Waals surface area contributed by atoms with Gasteiger partial charge < -0.3 is 4.90 Å². The van der Waals surface area contributed by atoms with Gasteiger partial charge in [-0.2, -0.15) is 5.10 Å². The summed E-state index contributed by atoms with van der Waals surface area (Å²) in [7, 11) is 0. The zero-order chi connectivity index (χ0) is 17.9. The van der Waals surface area contributed by atoms with Gasteiger partial charge in [0.05, 0.1) is 5.69 Å². The van der Waals surface area contributed by atoms with Crippen molar-refractivity contribution in [1.29, 1.82) is 0 Å². The molecule has 1 saturated carbocycles. The second-order valence-electron chi connectivity index (χ2n) is 8.52. The lowest BCUT2D eigenvalue weighted by Gasteiger charge is -2.32. The Hall–Kier alpha value is -1.65. The van der Waals surface area contributed by atoms with Crippen molar-refractivity contribution in [2.24, 2.45) is 11.8 Å². The van der Waals surface area contributed by atoms with E-state index in [1.807, 2.05) is 6.07 Å². The minimum absolute atomic E-state index is 0.0467. The third-order valence-electron chi connectivity index (χ3n) is 6.61. The van der Waals surface area contributed by atoms with Crippen LogP contribution in [0.25, 0.3) is 0 Å². The Balaban J connectivity index is 1.31. The highest BCUT2D eigenvalue weighted by molar-refractivity contribution is 5.76. The van der Waals surface area contributed by atoms with Gasteiger partial charge in [-0.15, -0.1) is 0 Å². The van der Waals surface area contributed by atoms with Crippen LogP contribution in [0.15, 0.2) is 10.9 Å². The number of likely N-dealkylation sites (tertiary alicyclic amines) is 1. The molecule has 2 heterocycles. The first kappa shape index (κ1) is 17.7. The van der Waals surface area contributed by atoms with Gasteiger partial charge in [0.2, 0.25) is 5.91 Å². The van der Waals surface area contributed by atoms with E-state index in [1.54, 1.807) is 4.68 Å². The molecule has 3 aliphatic rings. The molecule has 1 aromatic heterocycles. The summed E-state index contributed by atoms with van der Waals surface area (Å²) in [5.74, 6) is 1.43. The first-order valence-electron chi connectivity index (χ1n) is 10.6. The van der Waals surface area contributed by atoms with Crippen molar-refractivity contribution in [2.75, 3.05) is 13.1 Å². The zero-order valence-corrected chi connectivity index (χ0v) is 15.8. The van der Waals surface area contributed by atoms with E-state index in [0.29, 0.717) is 24.3 Å². The number of nitrogens with zero attached hydrogens (tertiary/aromatic N) is 3. The molecular formula is C21H31N3O2. The Kier molecular flexibility index (Phi) is 5.41. The Morgan fingerprint density at radius 3 is 2.50 bits per heavy atom. The van der Waals surface area contributed by atoms with E-state index in [2.05, 4.69) is 10.00 Å². The number of hydrogen-bond donors (Lipinski definition) is 0. The molecule has 0 atom stereocenters. The van der Waals surface area contributed by atoms with E-state index < -0.39 is 0 Å². The molecule has 1 aromatic rings. The maximum atomic E-state index is 12.5. The van der Waals surface area contributed by atoms with Gasteiger partial charge >= 0.3 is 0 Å². The first-order valence-corrected chi connectivity index (χ1v) is 10.6. The second-order valence-corrected chi connectivity index (χ2v) is 8.52. The third-order valence-corrected chi connectivity index (χ3v) is 6.61. The van der Waals surface area contributed by atoms with Crippen LogP contribution in [0.5, 0.6) is 0 Å². The number of rotatable bonds is 4. The van der Waals surface area contributed by atoms with Crippen molar-refractivity contribution < 1.29 is 4.79 Å². The van der Waals surface area contributed by atoms with Crippen molar-refractivity contribution in [3.05, 3.63) is 27.7 Å². The number of aryl methyl sites for hydroxylation is 2. The molecule has 0 unspecified atom stereocenters. The molecule has 5 nitrogen and oxygen atoms in total. The van der Waals surface area contributed by atoms with Crippen molar-refractivity contribution in [1.82, 2.24) is 14.7 Å². The first-order chi connectivity index (χ1) is 12.7. The van der Waals surface area contributed by atoms with Gasteiger partial charge in [-0.3, -0.25) is 9.59 Å². The van der Waals surface area contributed by atoms with Crippen LogP contribution in [0, 0.1) is 11.8 Å². The summed E-state index contributed by atoms with van der Waals surface area (Å²) < 4.78 is 1.69. The lowest BCUT2D eigenvalue weighted by molar-refractivity contribution is -0.133. The normalized spacial score (nSPS) is 21.8. The highest BCUT2D eigenvalue weighted by atomic mass is 16.2. The number of hydrogen-bond acceptors (Lipinski definition) is 3. The summed E-state index contributed by atoms with van der Waals surface area (Å²) in [4.78, 5) is 26.9. The SMILES string of the molecule is O=C(CC1CCCC1)N1CCC(Cn2nc3c(cc2=O)CCCC3)CC1. The van der Waals surface area contributed by atoms with Crippen molar-refractivity contribution in [3.63, 3.8) is 0 Å². The second kappa shape index (κ2) is 7.93. The van der Waals surface area contributed by atoms with Crippen molar-refractivity contribution in [3.8, 4) is 0 Å². The average molecular weight is 357 g/mol. The molecule has 2 aliphatic carbocycles. The average Bonchev–Trinajstić information content (AvgIpc) is 3.16. The lowest BCUT2D eigenvalue weighted by Crippen LogP contribution is -2.41. The maximum absolute atomic E-state index is 12.5. The molecule has 0 N–H and O–H groups in total. The minimum Gasteiger partial charge on any atom is -0.343 e. The van der Waals surface area contributed by atoms with E-state index in [4.69, 9.17) is 0 Å². The highest BCUT2D eigenvalue weighted by Gasteiger charge is 2.26. The van der Waals surface area contributed by atoms with Crippen LogP contribution < -0.4 is 5.56 Å². The van der Waals surface area contributed by atoms with Gasteiger partial charge in [-0.1, -0.05) is 12.8 Å². The number of carbonyl (C=O) groups is 1. The van der Waals surface area contributed by atoms with Crippen molar-refractivity contribution in [2.45, 2.75) is 77.2 Å². The standard InChI is InChI=1S/C21H31N3O2/c25-20(13-16-5-1-2-6-16)23-11-9-17(10-12-23)15-24-21(26)14-18-7-3-4-8-19(18)22-24/h14,16-17H,1-13,15H2. The molecular weight excluding hydrogens is 326 g/mol. The molecule has 0 radical (unpaired) electrons. The quantitative estimate of drug-likeness (QED) is 0.832. The molecule has 2 fully saturated rings. The molecule has 26 heavy (non-hydrogen) atoms. The van der Waals surface area contributed by atoms with Crippen molar-refractivity contribution >= 4 is 5.91 Å². The molecule has 4 rings (SSSR count). The highest BCUT2D eigenvalue weighted by Crippen LogP contribution is 2.29. The van der Waals surface area contributed by atoms with E-state index >= 15 is 0 Å². The summed E-state index contributed by atoms with van der Waals surface area (Å²) in [6.45, 7) is 2.39. The summed E-state index contributed by atoms with van der Waals surface area (Å²) in [6, 6.07) is 1.81. The van der Waals surface area contributed by atoms with Crippen LogP contribution in [0.2, 0.25) is 0 Å². The van der Waals surface area contributed by atoms with Gasteiger partial charge in [0.15, 0.2) is 0 Å². The van der Waals surface area contributed by atoms with Gasteiger partial charge in [0.1, 0.15) is 0 Å². The third kappa shape index (κ3) is 4.02. The van der Waals surface area contributed by atoms with Crippen LogP contribution in [-0.2, 0) is 24.2 Å². The number of aromatic nitrogens is 2. The predicted octanol–water partition coefficient (Wildman–Crippen LogP) is 2.94. The molecule has 1 aliphatic heterocycles. The number of amides is 1. The summed E-state index contributed by atoms with van der Waals surface area (Å²) in [5.41, 5.74) is 2.33. The van der Waals surface area contributed by atoms with Gasteiger partial charge in [-0.25, -0.2) is 4.68 Å². The van der Waals surface area contributed by atoms with Crippen LogP contribution in [0.4, 0.5) is 0 Å². The van der Waals surface area contributed by atoms with E-state index in [9.17, 15) is 9.59 Å². The fraction of sp³-hybridized carbons (Fsp3) is 0.762. The molecule has 5 heteroatoms. The van der Waals surface area contributed by atoms with E-state index in [-0.39, 0.29) is 5.56 Å². The molecule has 0 bridgehead atoms. The molecule has 142 valence electrons. The molecule has 0 aromatic carbocycles. The minimum atomic E-state index is 0.0467. The maximum Gasteiger partial charge on any atom is 0.267 e. The van der Waals surface area contributed by atoms with Crippen LogP contribution in [0.1, 0.15) is 69.0 Å². The van der Waals surface area contributed by atoms with E-state index in [0.717, 1.165) is 56.5 Å². The largest absolute Gasteiger partial charge is 0.343 e. The Labute approximate surface area is 155 Å². The molecule has 1 amide bonds. The molecule has 1 saturated heterocycles. The fourth-order valence-electron chi connectivity index (χ4n) is 4.93. The monoisotopic (exact) mass is 357 g/mol. The zero-order valence-electron chi connectivity index (χ0n) is 15.8. The topological polar surface area (TPSA) is 55.2 Å². The predicted molar refractivity (Wildman–Crippen MR) is 101 cm³/mol. The van der Waals surface area contributed by atoms with Gasteiger partial charge in [0.25, 0.3) is 5.56 Å². The van der Waals surface area contributed by atoms with Crippen LogP contribution in [0.3, 0.4) is 0 Å². The Morgan fingerprint density at radius 2 is 1.73 bits per heavy atom.